The molecule has 0 bridgehead atoms. The van der Waals surface area contributed by atoms with Gasteiger partial charge in [0.1, 0.15) is 0 Å². The van der Waals surface area contributed by atoms with Gasteiger partial charge in [-0.1, -0.05) is 11.6 Å². The van der Waals surface area contributed by atoms with Gasteiger partial charge in [-0.15, -0.1) is 0 Å². The highest BCUT2D eigenvalue weighted by Crippen LogP contribution is 2.16. The van der Waals surface area contributed by atoms with Crippen LogP contribution in [0.2, 0.25) is 5.02 Å². The summed E-state index contributed by atoms with van der Waals surface area (Å²) in [5, 5.41) is 5.07. The molecule has 1 aromatic carbocycles. The van der Waals surface area contributed by atoms with Gasteiger partial charge in [0.2, 0.25) is 5.91 Å². The number of amides is 1. The number of ether oxygens (including phenoxy) is 1. The van der Waals surface area contributed by atoms with Crippen molar-refractivity contribution in [2.24, 2.45) is 5.73 Å². The third-order valence-electron chi connectivity index (χ3n) is 4.00. The zero-order valence-corrected chi connectivity index (χ0v) is 14.2. The fourth-order valence-corrected chi connectivity index (χ4v) is 3.04. The Hall–Kier alpha value is -1.89. The molecular weight excluding hydrogens is 328 g/mol. The van der Waals surface area contributed by atoms with E-state index in [4.69, 9.17) is 22.1 Å². The summed E-state index contributed by atoms with van der Waals surface area (Å²) in [6, 6.07) is 7.48. The van der Waals surface area contributed by atoms with Crippen molar-refractivity contribution in [1.29, 1.82) is 0 Å². The van der Waals surface area contributed by atoms with E-state index in [1.807, 2.05) is 35.4 Å². The first-order chi connectivity index (χ1) is 11.6. The first kappa shape index (κ1) is 17.0. The fourth-order valence-electron chi connectivity index (χ4n) is 2.92. The summed E-state index contributed by atoms with van der Waals surface area (Å²) in [5.41, 5.74) is 7.33. The molecular formula is C17H21ClN4O2. The van der Waals surface area contributed by atoms with Gasteiger partial charge in [-0.25, -0.2) is 4.68 Å². The zero-order chi connectivity index (χ0) is 16.9. The highest BCUT2D eigenvalue weighted by Gasteiger charge is 2.20. The van der Waals surface area contributed by atoms with Crippen LogP contribution in [0.25, 0.3) is 5.69 Å². The Morgan fingerprint density at radius 3 is 2.88 bits per heavy atom. The molecule has 0 aliphatic carbocycles. The normalized spacial score (nSPS) is 17.5. The van der Waals surface area contributed by atoms with Gasteiger partial charge in [0.15, 0.2) is 0 Å². The summed E-state index contributed by atoms with van der Waals surface area (Å²) in [7, 11) is 0. The van der Waals surface area contributed by atoms with Crippen LogP contribution < -0.4 is 5.73 Å². The number of rotatable bonds is 7. The van der Waals surface area contributed by atoms with Crippen LogP contribution in [-0.4, -0.2) is 46.4 Å². The Bertz CT molecular complexity index is 680. The minimum absolute atomic E-state index is 0.177. The molecule has 0 unspecified atom stereocenters. The minimum Gasteiger partial charge on any atom is -0.377 e. The van der Waals surface area contributed by atoms with Crippen LogP contribution in [-0.2, 0) is 16.1 Å². The topological polar surface area (TPSA) is 73.4 Å². The third kappa shape index (κ3) is 4.56. The summed E-state index contributed by atoms with van der Waals surface area (Å²) >= 11 is 5.91. The molecule has 1 amide bonds. The van der Waals surface area contributed by atoms with E-state index in [0.717, 1.165) is 30.7 Å². The summed E-state index contributed by atoms with van der Waals surface area (Å²) in [5.74, 6) is -0.335. The second kappa shape index (κ2) is 7.79. The van der Waals surface area contributed by atoms with Crippen molar-refractivity contribution in [2.75, 3.05) is 19.7 Å². The van der Waals surface area contributed by atoms with Crippen molar-refractivity contribution in [3.05, 3.63) is 47.2 Å². The van der Waals surface area contributed by atoms with Crippen LogP contribution in [0.3, 0.4) is 0 Å². The molecule has 1 fully saturated rings. The number of halogens is 1. The molecule has 1 atom stereocenters. The van der Waals surface area contributed by atoms with Gasteiger partial charge in [0, 0.05) is 36.5 Å². The molecule has 1 aliphatic heterocycles. The second-order valence-corrected chi connectivity index (χ2v) is 6.48. The number of nitrogens with two attached hydrogens (primary N) is 1. The number of primary amides is 1. The molecule has 24 heavy (non-hydrogen) atoms. The number of nitrogens with zero attached hydrogens (tertiary/aromatic N) is 3. The smallest absolute Gasteiger partial charge is 0.231 e. The Kier molecular flexibility index (Phi) is 5.50. The molecule has 1 aromatic heterocycles. The molecule has 7 heteroatoms. The van der Waals surface area contributed by atoms with Crippen LogP contribution in [0.5, 0.6) is 0 Å². The van der Waals surface area contributed by atoms with Crippen molar-refractivity contribution in [3.63, 3.8) is 0 Å². The van der Waals surface area contributed by atoms with Gasteiger partial charge in [0.05, 0.1) is 24.5 Å². The lowest BCUT2D eigenvalue weighted by Gasteiger charge is -2.23. The fraction of sp³-hybridized carbons (Fsp3) is 0.412. The van der Waals surface area contributed by atoms with E-state index in [-0.39, 0.29) is 18.6 Å². The van der Waals surface area contributed by atoms with Crippen molar-refractivity contribution in [2.45, 2.75) is 25.5 Å². The molecule has 2 heterocycles. The monoisotopic (exact) mass is 348 g/mol. The van der Waals surface area contributed by atoms with Gasteiger partial charge >= 0.3 is 0 Å². The minimum atomic E-state index is -0.335. The summed E-state index contributed by atoms with van der Waals surface area (Å²) in [6.45, 7) is 2.32. The van der Waals surface area contributed by atoms with Crippen LogP contribution in [0.1, 0.15) is 18.4 Å². The third-order valence-corrected chi connectivity index (χ3v) is 4.25. The van der Waals surface area contributed by atoms with E-state index in [1.165, 1.54) is 0 Å². The van der Waals surface area contributed by atoms with Crippen molar-refractivity contribution in [1.82, 2.24) is 14.7 Å². The van der Waals surface area contributed by atoms with Crippen LogP contribution in [0, 0.1) is 0 Å². The number of aromatic nitrogens is 2. The highest BCUT2D eigenvalue weighted by molar-refractivity contribution is 6.30. The largest absolute Gasteiger partial charge is 0.377 e. The SMILES string of the molecule is NC(=O)CN(Cc1cnn(-c2ccc(Cl)cc2)c1)C[C@H]1CCCO1. The maximum Gasteiger partial charge on any atom is 0.231 e. The highest BCUT2D eigenvalue weighted by atomic mass is 35.5. The van der Waals surface area contributed by atoms with E-state index in [9.17, 15) is 4.79 Å². The molecule has 2 aromatic rings. The van der Waals surface area contributed by atoms with Crippen LogP contribution in [0.15, 0.2) is 36.7 Å². The van der Waals surface area contributed by atoms with Gasteiger partial charge in [-0.3, -0.25) is 9.69 Å². The Morgan fingerprint density at radius 2 is 2.21 bits per heavy atom. The van der Waals surface area contributed by atoms with Gasteiger partial charge in [-0.05, 0) is 37.1 Å². The van der Waals surface area contributed by atoms with Crippen LogP contribution in [0.4, 0.5) is 0 Å². The first-order valence-electron chi connectivity index (χ1n) is 8.02. The maximum absolute atomic E-state index is 11.3. The van der Waals surface area contributed by atoms with Gasteiger partial charge < -0.3 is 10.5 Å². The summed E-state index contributed by atoms with van der Waals surface area (Å²) < 4.78 is 7.45. The van der Waals surface area contributed by atoms with E-state index in [2.05, 4.69) is 5.10 Å². The number of carbonyl (C=O) groups is 1. The second-order valence-electron chi connectivity index (χ2n) is 6.04. The van der Waals surface area contributed by atoms with E-state index in [0.29, 0.717) is 18.1 Å². The first-order valence-corrected chi connectivity index (χ1v) is 8.40. The molecule has 128 valence electrons. The summed E-state index contributed by atoms with van der Waals surface area (Å²) in [6.07, 6.45) is 6.03. The van der Waals surface area contributed by atoms with E-state index >= 15 is 0 Å². The number of benzene rings is 1. The predicted octanol–water partition coefficient (Wildman–Crippen LogP) is 1.99. The number of carbonyl (C=O) groups excluding carboxylic acids is 1. The molecule has 1 aliphatic rings. The van der Waals surface area contributed by atoms with Crippen molar-refractivity contribution in [3.8, 4) is 5.69 Å². The molecule has 0 spiro atoms. The maximum atomic E-state index is 11.3. The molecule has 1 saturated heterocycles. The lowest BCUT2D eigenvalue weighted by atomic mass is 10.2. The molecule has 0 saturated carbocycles. The molecule has 3 rings (SSSR count). The Labute approximate surface area is 146 Å². The standard InChI is InChI=1S/C17H21ClN4O2/c18-14-3-5-15(6-4-14)22-10-13(8-20-22)9-21(12-17(19)23)11-16-2-1-7-24-16/h3-6,8,10,16H,1-2,7,9,11-12H2,(H2,19,23)/t16-/m1/s1. The lowest BCUT2D eigenvalue weighted by molar-refractivity contribution is -0.119. The van der Waals surface area contributed by atoms with Crippen molar-refractivity contribution < 1.29 is 9.53 Å². The lowest BCUT2D eigenvalue weighted by Crippen LogP contribution is -2.38. The summed E-state index contributed by atoms with van der Waals surface area (Å²) in [4.78, 5) is 13.4. The van der Waals surface area contributed by atoms with Gasteiger partial charge in [-0.2, -0.15) is 5.10 Å². The van der Waals surface area contributed by atoms with Gasteiger partial charge in [0.25, 0.3) is 0 Å². The molecule has 0 radical (unpaired) electrons. The van der Waals surface area contributed by atoms with Crippen LogP contribution >= 0.6 is 11.6 Å². The quantitative estimate of drug-likeness (QED) is 0.830. The van der Waals surface area contributed by atoms with E-state index < -0.39 is 0 Å². The Balaban J connectivity index is 1.67. The average Bonchev–Trinajstić information content (AvgIpc) is 3.19. The Morgan fingerprint density at radius 1 is 1.42 bits per heavy atom. The number of hydrogen-bond acceptors (Lipinski definition) is 4. The molecule has 2 N–H and O–H groups in total. The zero-order valence-electron chi connectivity index (χ0n) is 13.4. The van der Waals surface area contributed by atoms with E-state index in [1.54, 1.807) is 10.9 Å². The predicted molar refractivity (Wildman–Crippen MR) is 92.0 cm³/mol. The van der Waals surface area contributed by atoms with Crippen molar-refractivity contribution >= 4 is 17.5 Å². The average molecular weight is 349 g/mol. The number of hydrogen-bond donors (Lipinski definition) is 1. The molecule has 6 nitrogen and oxygen atoms in total.